The molecule has 2 atom stereocenters. The first-order chi connectivity index (χ1) is 14.6. The van der Waals surface area contributed by atoms with Crippen molar-refractivity contribution in [1.29, 1.82) is 0 Å². The zero-order chi connectivity index (χ0) is 22.8. The second-order valence-corrected chi connectivity index (χ2v) is 10.3. The summed E-state index contributed by atoms with van der Waals surface area (Å²) >= 11 is 18.6. The third kappa shape index (κ3) is 5.87. The molecular formula is C24H30Cl3N3O. The molecule has 3 rings (SSSR count). The first-order valence-electron chi connectivity index (χ1n) is 10.5. The standard InChI is InChI=1S/C24H30Cl3N3O/c1-16(19-6-5-7-20(26)22(19)27)28-23(31)30(14-17-8-10-18(25)11-9-17)21-12-13-29(4)15-24(21,2)3/h5-11,16,21H,12-15H2,1-4H3,(H,28,31). The zero-order valence-corrected chi connectivity index (χ0v) is 20.7. The van der Waals surface area contributed by atoms with Gasteiger partial charge in [0.25, 0.3) is 0 Å². The van der Waals surface area contributed by atoms with Gasteiger partial charge in [-0.25, -0.2) is 4.79 Å². The largest absolute Gasteiger partial charge is 0.331 e. The van der Waals surface area contributed by atoms with E-state index in [1.54, 1.807) is 6.07 Å². The third-order valence-corrected chi connectivity index (χ3v) is 7.14. The van der Waals surface area contributed by atoms with E-state index in [0.29, 0.717) is 21.6 Å². The molecule has 1 aliphatic rings. The number of nitrogens with one attached hydrogen (secondary N) is 1. The van der Waals surface area contributed by atoms with Crippen LogP contribution < -0.4 is 5.32 Å². The fraction of sp³-hybridized carbons (Fsp3) is 0.458. The molecule has 2 aromatic carbocycles. The fourth-order valence-corrected chi connectivity index (χ4v) is 5.10. The lowest BCUT2D eigenvalue weighted by Gasteiger charge is -2.48. The molecule has 1 N–H and O–H groups in total. The Bertz CT molecular complexity index is 917. The van der Waals surface area contributed by atoms with E-state index >= 15 is 0 Å². The summed E-state index contributed by atoms with van der Waals surface area (Å²) in [6.45, 7) is 8.78. The first-order valence-corrected chi connectivity index (χ1v) is 11.7. The molecular weight excluding hydrogens is 453 g/mol. The number of carbonyl (C=O) groups excluding carboxylic acids is 1. The van der Waals surface area contributed by atoms with Gasteiger partial charge in [0, 0.05) is 24.2 Å². The molecule has 0 aromatic heterocycles. The molecule has 0 radical (unpaired) electrons. The molecule has 1 fully saturated rings. The Labute approximate surface area is 200 Å². The molecule has 1 saturated heterocycles. The summed E-state index contributed by atoms with van der Waals surface area (Å²) in [4.78, 5) is 17.8. The van der Waals surface area contributed by atoms with Crippen LogP contribution in [0.3, 0.4) is 0 Å². The first kappa shape index (κ1) is 24.2. The van der Waals surface area contributed by atoms with Crippen molar-refractivity contribution in [3.05, 3.63) is 68.7 Å². The van der Waals surface area contributed by atoms with Crippen molar-refractivity contribution in [3.63, 3.8) is 0 Å². The van der Waals surface area contributed by atoms with Crippen molar-refractivity contribution < 1.29 is 4.79 Å². The van der Waals surface area contributed by atoms with Crippen LogP contribution in [0.15, 0.2) is 42.5 Å². The normalized spacial score (nSPS) is 19.6. The Morgan fingerprint density at radius 3 is 2.52 bits per heavy atom. The fourth-order valence-electron chi connectivity index (χ4n) is 4.50. The number of piperidine rings is 1. The van der Waals surface area contributed by atoms with Crippen LogP contribution in [0.2, 0.25) is 15.1 Å². The molecule has 0 saturated carbocycles. The molecule has 0 aliphatic carbocycles. The molecule has 1 heterocycles. The lowest BCUT2D eigenvalue weighted by atomic mass is 9.78. The Hall–Kier alpha value is -1.46. The van der Waals surface area contributed by atoms with Gasteiger partial charge in [-0.3, -0.25) is 0 Å². The molecule has 0 spiro atoms. The van der Waals surface area contributed by atoms with Gasteiger partial charge in [0.15, 0.2) is 0 Å². The van der Waals surface area contributed by atoms with Crippen LogP contribution in [-0.2, 0) is 6.54 Å². The summed E-state index contributed by atoms with van der Waals surface area (Å²) in [5.41, 5.74) is 1.80. The van der Waals surface area contributed by atoms with E-state index in [1.807, 2.05) is 48.2 Å². The van der Waals surface area contributed by atoms with Crippen LogP contribution in [0.1, 0.15) is 44.4 Å². The Morgan fingerprint density at radius 1 is 1.19 bits per heavy atom. The van der Waals surface area contributed by atoms with E-state index in [-0.39, 0.29) is 23.5 Å². The molecule has 7 heteroatoms. The van der Waals surface area contributed by atoms with E-state index < -0.39 is 0 Å². The lowest BCUT2D eigenvalue weighted by Crippen LogP contribution is -2.58. The van der Waals surface area contributed by atoms with E-state index in [2.05, 4.69) is 31.1 Å². The molecule has 2 aromatic rings. The molecule has 2 amide bonds. The number of hydrogen-bond donors (Lipinski definition) is 1. The minimum absolute atomic E-state index is 0.0479. The maximum absolute atomic E-state index is 13.6. The van der Waals surface area contributed by atoms with Crippen LogP contribution in [0.4, 0.5) is 4.79 Å². The second-order valence-electron chi connectivity index (χ2n) is 9.10. The van der Waals surface area contributed by atoms with Crippen molar-refractivity contribution in [3.8, 4) is 0 Å². The maximum Gasteiger partial charge on any atom is 0.318 e. The number of amides is 2. The topological polar surface area (TPSA) is 35.6 Å². The smallest absolute Gasteiger partial charge is 0.318 e. The number of halogens is 3. The summed E-state index contributed by atoms with van der Waals surface area (Å²) in [7, 11) is 2.13. The van der Waals surface area contributed by atoms with Gasteiger partial charge >= 0.3 is 6.03 Å². The highest BCUT2D eigenvalue weighted by Gasteiger charge is 2.40. The molecule has 31 heavy (non-hydrogen) atoms. The number of urea groups is 1. The average molecular weight is 483 g/mol. The van der Waals surface area contributed by atoms with Crippen LogP contribution in [-0.4, -0.2) is 42.0 Å². The van der Waals surface area contributed by atoms with Crippen LogP contribution >= 0.6 is 34.8 Å². The summed E-state index contributed by atoms with van der Waals surface area (Å²) < 4.78 is 0. The van der Waals surface area contributed by atoms with Gasteiger partial charge in [0.2, 0.25) is 0 Å². The number of rotatable bonds is 5. The van der Waals surface area contributed by atoms with Gasteiger partial charge in [0.1, 0.15) is 0 Å². The zero-order valence-electron chi connectivity index (χ0n) is 18.5. The van der Waals surface area contributed by atoms with E-state index in [1.165, 1.54) is 0 Å². The third-order valence-electron chi connectivity index (χ3n) is 6.05. The van der Waals surface area contributed by atoms with Crippen molar-refractivity contribution in [1.82, 2.24) is 15.1 Å². The number of carbonyl (C=O) groups is 1. The number of benzene rings is 2. The van der Waals surface area contributed by atoms with Gasteiger partial charge in [-0.05, 0) is 61.7 Å². The highest BCUT2D eigenvalue weighted by molar-refractivity contribution is 6.42. The van der Waals surface area contributed by atoms with Crippen molar-refractivity contribution in [2.75, 3.05) is 20.1 Å². The van der Waals surface area contributed by atoms with Gasteiger partial charge in [-0.15, -0.1) is 0 Å². The van der Waals surface area contributed by atoms with Crippen molar-refractivity contribution in [2.45, 2.75) is 45.8 Å². The highest BCUT2D eigenvalue weighted by atomic mass is 35.5. The minimum atomic E-state index is -0.277. The highest BCUT2D eigenvalue weighted by Crippen LogP contribution is 2.35. The van der Waals surface area contributed by atoms with E-state index in [9.17, 15) is 4.79 Å². The van der Waals surface area contributed by atoms with Crippen molar-refractivity contribution in [2.24, 2.45) is 5.41 Å². The predicted molar refractivity (Wildman–Crippen MR) is 130 cm³/mol. The molecule has 4 nitrogen and oxygen atoms in total. The number of hydrogen-bond acceptors (Lipinski definition) is 2. The summed E-state index contributed by atoms with van der Waals surface area (Å²) in [5.74, 6) is 0. The Morgan fingerprint density at radius 2 is 1.87 bits per heavy atom. The van der Waals surface area contributed by atoms with E-state index in [0.717, 1.165) is 30.6 Å². The monoisotopic (exact) mass is 481 g/mol. The SMILES string of the molecule is CC(NC(=O)N(Cc1ccc(Cl)cc1)C1CCN(C)CC1(C)C)c1cccc(Cl)c1Cl. The second kappa shape index (κ2) is 9.99. The lowest BCUT2D eigenvalue weighted by molar-refractivity contribution is 0.0300. The predicted octanol–water partition coefficient (Wildman–Crippen LogP) is 6.65. The van der Waals surface area contributed by atoms with Crippen LogP contribution in [0.25, 0.3) is 0 Å². The quantitative estimate of drug-likeness (QED) is 0.518. The van der Waals surface area contributed by atoms with Gasteiger partial charge in [-0.2, -0.15) is 0 Å². The molecule has 1 aliphatic heterocycles. The van der Waals surface area contributed by atoms with Crippen molar-refractivity contribution >= 4 is 40.8 Å². The van der Waals surface area contributed by atoms with Crippen LogP contribution in [0, 0.1) is 5.41 Å². The van der Waals surface area contributed by atoms with Gasteiger partial charge in [-0.1, -0.05) is 72.9 Å². The summed E-state index contributed by atoms with van der Waals surface area (Å²) in [5, 5.41) is 4.78. The molecule has 168 valence electrons. The van der Waals surface area contributed by atoms with E-state index in [4.69, 9.17) is 34.8 Å². The maximum atomic E-state index is 13.6. The molecule has 0 bridgehead atoms. The minimum Gasteiger partial charge on any atom is -0.331 e. The number of nitrogens with zero attached hydrogens (tertiary/aromatic N) is 2. The average Bonchev–Trinajstić information content (AvgIpc) is 2.69. The number of likely N-dealkylation sites (tertiary alicyclic amines) is 1. The summed E-state index contributed by atoms with van der Waals surface area (Å²) in [6.07, 6.45) is 0.914. The van der Waals surface area contributed by atoms with Gasteiger partial charge < -0.3 is 15.1 Å². The Kier molecular flexibility index (Phi) is 7.80. The van der Waals surface area contributed by atoms with Gasteiger partial charge in [0.05, 0.1) is 16.1 Å². The Balaban J connectivity index is 1.86. The molecule has 2 unspecified atom stereocenters. The van der Waals surface area contributed by atoms with Crippen LogP contribution in [0.5, 0.6) is 0 Å². The summed E-state index contributed by atoms with van der Waals surface area (Å²) in [6, 6.07) is 12.9.